The van der Waals surface area contributed by atoms with Gasteiger partial charge in [0.15, 0.2) is 0 Å². The van der Waals surface area contributed by atoms with Crippen molar-refractivity contribution in [2.45, 2.75) is 6.36 Å². The van der Waals surface area contributed by atoms with Crippen LogP contribution in [0.15, 0.2) is 18.2 Å². The van der Waals surface area contributed by atoms with Gasteiger partial charge in [0.2, 0.25) is 0 Å². The van der Waals surface area contributed by atoms with Crippen LogP contribution in [0.1, 0.15) is 0 Å². The summed E-state index contributed by atoms with van der Waals surface area (Å²) in [5, 5.41) is 2.95. The Kier molecular flexibility index (Phi) is 2.13. The highest BCUT2D eigenvalue weighted by atomic mass is 19.4. The van der Waals surface area contributed by atoms with Crippen molar-refractivity contribution < 1.29 is 17.9 Å². The lowest BCUT2D eigenvalue weighted by molar-refractivity contribution is -0.274. The summed E-state index contributed by atoms with van der Waals surface area (Å²) in [7, 11) is 1.85. The first-order valence-electron chi connectivity index (χ1n) is 4.30. The lowest BCUT2D eigenvalue weighted by Crippen LogP contribution is -2.17. The van der Waals surface area contributed by atoms with E-state index in [1.165, 1.54) is 12.1 Å². The third kappa shape index (κ3) is 2.08. The van der Waals surface area contributed by atoms with Crippen LogP contribution in [0.4, 0.5) is 24.5 Å². The van der Waals surface area contributed by atoms with E-state index < -0.39 is 6.36 Å². The zero-order valence-corrected chi connectivity index (χ0v) is 7.93. The van der Waals surface area contributed by atoms with Crippen molar-refractivity contribution in [1.29, 1.82) is 0 Å². The molecule has 2 rings (SSSR count). The molecule has 0 saturated heterocycles. The van der Waals surface area contributed by atoms with E-state index in [1.807, 2.05) is 11.9 Å². The molecular weight excluding hydrogens is 209 g/mol. The number of rotatable bonds is 1. The van der Waals surface area contributed by atoms with E-state index in [-0.39, 0.29) is 5.75 Å². The van der Waals surface area contributed by atoms with Crippen LogP contribution in [0.3, 0.4) is 0 Å². The number of nitrogens with one attached hydrogen (secondary N) is 1. The van der Waals surface area contributed by atoms with Crippen molar-refractivity contribution >= 4 is 11.4 Å². The van der Waals surface area contributed by atoms with Crippen molar-refractivity contribution in [3.8, 4) is 5.75 Å². The fraction of sp³-hybridized carbons (Fsp3) is 0.333. The first-order chi connectivity index (χ1) is 6.96. The van der Waals surface area contributed by atoms with E-state index in [4.69, 9.17) is 0 Å². The molecule has 15 heavy (non-hydrogen) atoms. The molecule has 0 unspecified atom stereocenters. The lowest BCUT2D eigenvalue weighted by Gasteiger charge is -2.11. The van der Waals surface area contributed by atoms with E-state index in [2.05, 4.69) is 10.1 Å². The molecule has 1 aromatic rings. The van der Waals surface area contributed by atoms with E-state index in [1.54, 1.807) is 6.07 Å². The molecule has 1 aliphatic heterocycles. The molecule has 1 aromatic carbocycles. The van der Waals surface area contributed by atoms with E-state index in [0.717, 1.165) is 5.69 Å². The fourth-order valence-electron chi connectivity index (χ4n) is 1.48. The van der Waals surface area contributed by atoms with Crippen LogP contribution in [0.2, 0.25) is 0 Å². The van der Waals surface area contributed by atoms with Crippen LogP contribution >= 0.6 is 0 Å². The molecule has 0 aromatic heterocycles. The number of alkyl halides is 3. The number of hydrogen-bond donors (Lipinski definition) is 1. The number of halogens is 3. The zero-order chi connectivity index (χ0) is 11.1. The molecule has 0 fully saturated rings. The van der Waals surface area contributed by atoms with Crippen LogP contribution in [0.25, 0.3) is 0 Å². The van der Waals surface area contributed by atoms with Gasteiger partial charge < -0.3 is 15.0 Å². The number of nitrogens with zero attached hydrogens (tertiary/aromatic N) is 1. The molecule has 0 saturated carbocycles. The maximum absolute atomic E-state index is 11.9. The summed E-state index contributed by atoms with van der Waals surface area (Å²) in [4.78, 5) is 1.90. The first-order valence-corrected chi connectivity index (χ1v) is 4.30. The first kappa shape index (κ1) is 9.95. The molecule has 0 amide bonds. The van der Waals surface area contributed by atoms with Gasteiger partial charge in [-0.2, -0.15) is 0 Å². The average Bonchev–Trinajstić information content (AvgIpc) is 2.45. The molecule has 6 heteroatoms. The van der Waals surface area contributed by atoms with Gasteiger partial charge in [-0.15, -0.1) is 13.2 Å². The van der Waals surface area contributed by atoms with Crippen molar-refractivity contribution in [2.75, 3.05) is 23.9 Å². The highest BCUT2D eigenvalue weighted by molar-refractivity contribution is 5.75. The van der Waals surface area contributed by atoms with Gasteiger partial charge in [-0.25, -0.2) is 0 Å². The standard InChI is InChI=1S/C9H9F3N2O/c1-14-5-13-7-4-6(2-3-8(7)14)15-9(10,11)12/h2-4,13H,5H2,1H3. The molecule has 0 radical (unpaired) electrons. The molecule has 1 N–H and O–H groups in total. The number of hydrogen-bond acceptors (Lipinski definition) is 3. The predicted octanol–water partition coefficient (Wildman–Crippen LogP) is 2.40. The average molecular weight is 218 g/mol. The summed E-state index contributed by atoms with van der Waals surface area (Å²) in [6, 6.07) is 4.23. The van der Waals surface area contributed by atoms with Gasteiger partial charge in [0.25, 0.3) is 0 Å². The number of fused-ring (bicyclic) bond motifs is 1. The maximum atomic E-state index is 11.9. The smallest absolute Gasteiger partial charge is 0.406 e. The SMILES string of the molecule is CN1CNc2cc(OC(F)(F)F)ccc21. The predicted molar refractivity (Wildman–Crippen MR) is 50.0 cm³/mol. The minimum atomic E-state index is -4.64. The van der Waals surface area contributed by atoms with E-state index in [0.29, 0.717) is 12.4 Å². The van der Waals surface area contributed by atoms with Crippen LogP contribution in [-0.2, 0) is 0 Å². The molecule has 1 heterocycles. The third-order valence-electron chi connectivity index (χ3n) is 2.12. The summed E-state index contributed by atoms with van der Waals surface area (Å²) in [5.41, 5.74) is 1.52. The molecule has 82 valence electrons. The van der Waals surface area contributed by atoms with Crippen molar-refractivity contribution in [1.82, 2.24) is 0 Å². The normalized spacial score (nSPS) is 14.8. The quantitative estimate of drug-likeness (QED) is 0.783. The Bertz CT molecular complexity index is 378. The van der Waals surface area contributed by atoms with Gasteiger partial charge in [0.05, 0.1) is 18.0 Å². The Morgan fingerprint density at radius 2 is 2.13 bits per heavy atom. The highest BCUT2D eigenvalue weighted by Crippen LogP contribution is 2.35. The lowest BCUT2D eigenvalue weighted by atomic mass is 10.2. The van der Waals surface area contributed by atoms with Gasteiger partial charge >= 0.3 is 6.36 Å². The minimum absolute atomic E-state index is 0.205. The molecular formula is C9H9F3N2O. The number of ether oxygens (including phenoxy) is 1. The topological polar surface area (TPSA) is 24.5 Å². The summed E-state index contributed by atoms with van der Waals surface area (Å²) < 4.78 is 39.6. The van der Waals surface area contributed by atoms with Crippen molar-refractivity contribution in [3.05, 3.63) is 18.2 Å². The molecule has 0 atom stereocenters. The Balaban J connectivity index is 2.24. The third-order valence-corrected chi connectivity index (χ3v) is 2.12. The molecule has 0 aliphatic carbocycles. The zero-order valence-electron chi connectivity index (χ0n) is 7.93. The number of anilines is 2. The fourth-order valence-corrected chi connectivity index (χ4v) is 1.48. The van der Waals surface area contributed by atoms with Crippen molar-refractivity contribution in [2.24, 2.45) is 0 Å². The largest absolute Gasteiger partial charge is 0.573 e. The Hall–Kier alpha value is -1.59. The van der Waals surface area contributed by atoms with E-state index >= 15 is 0 Å². The molecule has 1 aliphatic rings. The van der Waals surface area contributed by atoms with Gasteiger partial charge in [0, 0.05) is 13.1 Å². The summed E-state index contributed by atoms with van der Waals surface area (Å²) >= 11 is 0. The van der Waals surface area contributed by atoms with Gasteiger partial charge in [0.1, 0.15) is 5.75 Å². The van der Waals surface area contributed by atoms with E-state index in [9.17, 15) is 13.2 Å². The van der Waals surface area contributed by atoms with Gasteiger partial charge in [-0.3, -0.25) is 0 Å². The Morgan fingerprint density at radius 3 is 2.80 bits per heavy atom. The van der Waals surface area contributed by atoms with Crippen LogP contribution in [-0.4, -0.2) is 20.1 Å². The summed E-state index contributed by atoms with van der Waals surface area (Å²) in [6.45, 7) is 0.588. The summed E-state index contributed by atoms with van der Waals surface area (Å²) in [6.07, 6.45) is -4.64. The maximum Gasteiger partial charge on any atom is 0.573 e. The Morgan fingerprint density at radius 1 is 1.40 bits per heavy atom. The van der Waals surface area contributed by atoms with Crippen LogP contribution in [0, 0.1) is 0 Å². The van der Waals surface area contributed by atoms with Gasteiger partial charge in [-0.1, -0.05) is 0 Å². The van der Waals surface area contributed by atoms with Crippen molar-refractivity contribution in [3.63, 3.8) is 0 Å². The van der Waals surface area contributed by atoms with Gasteiger partial charge in [-0.05, 0) is 12.1 Å². The molecule has 0 spiro atoms. The second-order valence-corrected chi connectivity index (χ2v) is 3.26. The second kappa shape index (κ2) is 3.22. The summed E-state index contributed by atoms with van der Waals surface area (Å²) in [5.74, 6) is -0.205. The highest BCUT2D eigenvalue weighted by Gasteiger charge is 2.31. The Labute approximate surface area is 84.4 Å². The monoisotopic (exact) mass is 218 g/mol. The number of benzene rings is 1. The molecule has 3 nitrogen and oxygen atoms in total. The molecule has 0 bridgehead atoms. The second-order valence-electron chi connectivity index (χ2n) is 3.26. The minimum Gasteiger partial charge on any atom is -0.406 e. The van der Waals surface area contributed by atoms with Crippen LogP contribution in [0.5, 0.6) is 5.75 Å². The van der Waals surface area contributed by atoms with Crippen LogP contribution < -0.4 is 15.0 Å².